The molecule has 0 aliphatic carbocycles. The Morgan fingerprint density at radius 2 is 1.83 bits per heavy atom. The molecule has 0 heterocycles. The second-order valence-corrected chi connectivity index (χ2v) is 0.519. The Kier molecular flexibility index (Phi) is 25.0. The zero-order chi connectivity index (χ0) is 3.58. The van der Waals surface area contributed by atoms with Crippen molar-refractivity contribution in [3.63, 3.8) is 0 Å². The van der Waals surface area contributed by atoms with E-state index in [1.165, 1.54) is 0 Å². The van der Waals surface area contributed by atoms with E-state index in [4.69, 9.17) is 9.90 Å². The molecule has 0 saturated heterocycles. The van der Waals surface area contributed by atoms with Gasteiger partial charge in [0.1, 0.15) is 0 Å². The Balaban J connectivity index is -0.00000000450. The average Bonchev–Trinajstić information content (AvgIpc) is 0.811. The molecular weight excluding hydrogens is 103 g/mol. The van der Waals surface area contributed by atoms with Gasteiger partial charge in [-0.25, -0.2) is 0 Å². The van der Waals surface area contributed by atoms with Crippen molar-refractivity contribution in [1.82, 2.24) is 0 Å². The zero-order valence-electron chi connectivity index (χ0n) is 7.06. The molecular formula is C2H7CaLiO2. The fourth-order valence-corrected chi connectivity index (χ4v) is 0. The van der Waals surface area contributed by atoms with Crippen LogP contribution in [0, 0.1) is 0 Å². The van der Waals surface area contributed by atoms with E-state index in [-0.39, 0.29) is 60.9 Å². The number of hydrogen-bond donors (Lipinski definition) is 1. The van der Waals surface area contributed by atoms with Crippen LogP contribution in [0.1, 0.15) is 11.2 Å². The van der Waals surface area contributed by atoms with Crippen LogP contribution >= 0.6 is 0 Å². The Labute approximate surface area is 82.9 Å². The molecule has 0 amide bonds. The molecule has 0 aromatic rings. The van der Waals surface area contributed by atoms with Crippen LogP contribution in [0.3, 0.4) is 0 Å². The van der Waals surface area contributed by atoms with E-state index < -0.39 is 5.97 Å². The SMILES string of the molecule is CC(=O)O.[Ca+2].[H-].[H-].[H-].[Li+]. The Hall–Kier alpha value is 1.33. The first-order valence-corrected chi connectivity index (χ1v) is 0.928. The van der Waals surface area contributed by atoms with Crippen LogP contribution in [0.4, 0.5) is 0 Å². The summed E-state index contributed by atoms with van der Waals surface area (Å²) in [6.07, 6.45) is 0. The predicted molar refractivity (Wildman–Crippen MR) is 22.4 cm³/mol. The molecule has 0 bridgehead atoms. The van der Waals surface area contributed by atoms with Gasteiger partial charge < -0.3 is 9.39 Å². The molecule has 4 heteroatoms. The molecule has 0 atom stereocenters. The van der Waals surface area contributed by atoms with Crippen molar-refractivity contribution in [2.24, 2.45) is 0 Å². The number of rotatable bonds is 0. The molecule has 0 saturated carbocycles. The summed E-state index contributed by atoms with van der Waals surface area (Å²) in [4.78, 5) is 9.00. The maximum Gasteiger partial charge on any atom is 2.00 e. The predicted octanol–water partition coefficient (Wildman–Crippen LogP) is -2.95. The number of carboxylic acids is 1. The van der Waals surface area contributed by atoms with Gasteiger partial charge in [-0.1, -0.05) is 0 Å². The standard InChI is InChI=1S/C2H4O2.Ca.Li.3H/c1-2(3)4;;;;;/h1H3,(H,3,4);;;;;/q;+2;+1;3*-1. The summed E-state index contributed by atoms with van der Waals surface area (Å²) in [7, 11) is 0. The second kappa shape index (κ2) is 9.59. The van der Waals surface area contributed by atoms with Gasteiger partial charge in [0.05, 0.1) is 0 Å². The van der Waals surface area contributed by atoms with E-state index in [0.717, 1.165) is 6.92 Å². The molecule has 0 fully saturated rings. The minimum Gasteiger partial charge on any atom is -1.00 e. The van der Waals surface area contributed by atoms with Crippen LogP contribution in [0.25, 0.3) is 0 Å². The summed E-state index contributed by atoms with van der Waals surface area (Å²) in [6.45, 7) is 1.08. The molecule has 1 N–H and O–H groups in total. The number of hydrogen-bond acceptors (Lipinski definition) is 1. The van der Waals surface area contributed by atoms with Crippen molar-refractivity contribution in [2.75, 3.05) is 0 Å². The van der Waals surface area contributed by atoms with Gasteiger partial charge in [0, 0.05) is 6.92 Å². The van der Waals surface area contributed by atoms with Crippen LogP contribution in [-0.2, 0) is 4.79 Å². The average molecular weight is 110 g/mol. The summed E-state index contributed by atoms with van der Waals surface area (Å²) in [5.41, 5.74) is 0. The van der Waals surface area contributed by atoms with Crippen LogP contribution < -0.4 is 18.9 Å². The summed E-state index contributed by atoms with van der Waals surface area (Å²) in [5.74, 6) is -0.833. The molecule has 0 aromatic carbocycles. The molecule has 0 unspecified atom stereocenters. The quantitative estimate of drug-likeness (QED) is 0.338. The molecule has 0 aliphatic heterocycles. The van der Waals surface area contributed by atoms with Gasteiger partial charge in [0.15, 0.2) is 0 Å². The van der Waals surface area contributed by atoms with Gasteiger partial charge in [-0.05, 0) is 0 Å². The maximum absolute atomic E-state index is 9.00. The van der Waals surface area contributed by atoms with Gasteiger partial charge in [0.2, 0.25) is 0 Å². The largest absolute Gasteiger partial charge is 2.00 e. The van der Waals surface area contributed by atoms with Crippen LogP contribution in [0.2, 0.25) is 0 Å². The van der Waals surface area contributed by atoms with Crippen molar-refractivity contribution in [2.45, 2.75) is 6.92 Å². The Bertz CT molecular complexity index is 42.8. The molecule has 0 radical (unpaired) electrons. The van der Waals surface area contributed by atoms with Crippen LogP contribution in [0.15, 0.2) is 0 Å². The van der Waals surface area contributed by atoms with E-state index in [2.05, 4.69) is 0 Å². The molecule has 30 valence electrons. The van der Waals surface area contributed by atoms with E-state index >= 15 is 0 Å². The Morgan fingerprint density at radius 1 is 1.83 bits per heavy atom. The maximum atomic E-state index is 9.00. The zero-order valence-corrected chi connectivity index (χ0v) is 6.27. The fraction of sp³-hybridized carbons (Fsp3) is 0.500. The van der Waals surface area contributed by atoms with Gasteiger partial charge in [-0.3, -0.25) is 4.79 Å². The van der Waals surface area contributed by atoms with Gasteiger partial charge in [0.25, 0.3) is 5.97 Å². The minimum atomic E-state index is -0.833. The minimum absolute atomic E-state index is 0. The molecule has 0 spiro atoms. The molecule has 0 aliphatic rings. The molecule has 2 nitrogen and oxygen atoms in total. The van der Waals surface area contributed by atoms with Gasteiger partial charge >= 0.3 is 56.6 Å². The van der Waals surface area contributed by atoms with Crippen molar-refractivity contribution in [3.05, 3.63) is 0 Å². The fourth-order valence-electron chi connectivity index (χ4n) is 0. The van der Waals surface area contributed by atoms with Crippen molar-refractivity contribution >= 4 is 43.7 Å². The van der Waals surface area contributed by atoms with Gasteiger partial charge in [-0.2, -0.15) is 0 Å². The van der Waals surface area contributed by atoms with E-state index in [1.807, 2.05) is 0 Å². The van der Waals surface area contributed by atoms with E-state index in [1.54, 1.807) is 0 Å². The third kappa shape index (κ3) is 56.6. The third-order valence-electron chi connectivity index (χ3n) is 0. The summed E-state index contributed by atoms with van der Waals surface area (Å²) in [6, 6.07) is 0. The normalized spacial score (nSPS) is 4.17. The number of carboxylic acid groups (broad SMARTS) is 1. The first-order chi connectivity index (χ1) is 1.73. The molecule has 0 aromatic heterocycles. The van der Waals surface area contributed by atoms with Crippen LogP contribution in [0.5, 0.6) is 0 Å². The Morgan fingerprint density at radius 3 is 1.83 bits per heavy atom. The monoisotopic (exact) mass is 110 g/mol. The molecule has 0 rings (SSSR count). The summed E-state index contributed by atoms with van der Waals surface area (Å²) >= 11 is 0. The van der Waals surface area contributed by atoms with Crippen molar-refractivity contribution in [1.29, 1.82) is 0 Å². The van der Waals surface area contributed by atoms with Crippen molar-refractivity contribution < 1.29 is 33.0 Å². The molecule has 6 heavy (non-hydrogen) atoms. The van der Waals surface area contributed by atoms with Crippen LogP contribution in [-0.4, -0.2) is 48.8 Å². The van der Waals surface area contributed by atoms with Crippen molar-refractivity contribution in [3.8, 4) is 0 Å². The second-order valence-electron chi connectivity index (χ2n) is 0.519. The third-order valence-corrected chi connectivity index (χ3v) is 0. The van der Waals surface area contributed by atoms with Gasteiger partial charge in [-0.15, -0.1) is 0 Å². The first kappa shape index (κ1) is 15.7. The van der Waals surface area contributed by atoms with E-state index in [9.17, 15) is 0 Å². The van der Waals surface area contributed by atoms with E-state index in [0.29, 0.717) is 0 Å². The number of aliphatic carboxylic acids is 1. The first-order valence-electron chi connectivity index (χ1n) is 0.928. The summed E-state index contributed by atoms with van der Waals surface area (Å²) < 4.78 is 0. The number of carbonyl (C=O) groups is 1. The summed E-state index contributed by atoms with van der Waals surface area (Å²) in [5, 5.41) is 7.42. The smallest absolute Gasteiger partial charge is 1.00 e. The topological polar surface area (TPSA) is 37.3 Å².